The summed E-state index contributed by atoms with van der Waals surface area (Å²) in [5.41, 5.74) is 6.58. The lowest BCUT2D eigenvalue weighted by atomic mass is 9.85. The molecule has 2 heterocycles. The molecule has 0 aromatic rings. The fourth-order valence-electron chi connectivity index (χ4n) is 5.94. The fourth-order valence-corrected chi connectivity index (χ4v) is 5.94. The number of carbonyl (C=O) groups is 4. The van der Waals surface area contributed by atoms with Gasteiger partial charge in [-0.15, -0.1) is 0 Å². The van der Waals surface area contributed by atoms with E-state index in [1.807, 2.05) is 13.8 Å². The van der Waals surface area contributed by atoms with Crippen molar-refractivity contribution in [2.75, 3.05) is 53.6 Å². The zero-order valence-corrected chi connectivity index (χ0v) is 28.2. The van der Waals surface area contributed by atoms with Crippen LogP contribution in [0.5, 0.6) is 0 Å². The Labute approximate surface area is 276 Å². The molecular formula is C34H50N4O9. The van der Waals surface area contributed by atoms with Crippen molar-refractivity contribution in [2.24, 2.45) is 17.6 Å². The molecule has 2 aliphatic heterocycles. The second-order valence-electron chi connectivity index (χ2n) is 12.3. The van der Waals surface area contributed by atoms with Crippen molar-refractivity contribution in [1.82, 2.24) is 15.5 Å². The first kappa shape index (κ1) is 37.8. The van der Waals surface area contributed by atoms with Gasteiger partial charge in [-0.1, -0.05) is 38.2 Å². The topological polar surface area (TPSA) is 179 Å². The molecule has 2 amide bonds. The Morgan fingerprint density at radius 3 is 2.49 bits per heavy atom. The number of aliphatic hydroxyl groups is 1. The molecule has 3 aliphatic rings. The monoisotopic (exact) mass is 658 g/mol. The van der Waals surface area contributed by atoms with E-state index in [0.717, 1.165) is 19.2 Å². The molecule has 0 aromatic carbocycles. The molecular weight excluding hydrogens is 608 g/mol. The van der Waals surface area contributed by atoms with Crippen LogP contribution in [0.3, 0.4) is 0 Å². The number of morpholine rings is 1. The van der Waals surface area contributed by atoms with E-state index in [9.17, 15) is 24.3 Å². The highest BCUT2D eigenvalue weighted by Gasteiger charge is 2.33. The number of nitrogens with zero attached hydrogens (tertiary/aromatic N) is 1. The van der Waals surface area contributed by atoms with Crippen LogP contribution >= 0.6 is 0 Å². The van der Waals surface area contributed by atoms with Crippen molar-refractivity contribution < 1.29 is 43.2 Å². The molecule has 2 bridgehead atoms. The average molecular weight is 659 g/mol. The summed E-state index contributed by atoms with van der Waals surface area (Å²) in [6, 6.07) is 0. The number of ether oxygens (including phenoxy) is 4. The molecule has 0 aromatic heterocycles. The number of allylic oxidation sites excluding steroid dienone is 4. The summed E-state index contributed by atoms with van der Waals surface area (Å²) in [7, 11) is 2.94. The normalized spacial score (nSPS) is 32.0. The van der Waals surface area contributed by atoms with Gasteiger partial charge in [0, 0.05) is 63.5 Å². The number of rotatable bonds is 7. The molecule has 0 spiro atoms. The third kappa shape index (κ3) is 10.7. The summed E-state index contributed by atoms with van der Waals surface area (Å²) in [4.78, 5) is 54.4. The number of Topliss-reactive ketones (excluding diaryl/α,β-unsaturated/α-hetero) is 1. The lowest BCUT2D eigenvalue weighted by molar-refractivity contribution is -0.120. The molecule has 1 aliphatic carbocycles. The first-order chi connectivity index (χ1) is 22.4. The van der Waals surface area contributed by atoms with Gasteiger partial charge in [-0.05, 0) is 38.2 Å². The van der Waals surface area contributed by atoms with Gasteiger partial charge >= 0.3 is 6.09 Å². The van der Waals surface area contributed by atoms with E-state index in [1.54, 1.807) is 32.1 Å². The van der Waals surface area contributed by atoms with Crippen molar-refractivity contribution in [3.05, 3.63) is 58.5 Å². The van der Waals surface area contributed by atoms with Crippen LogP contribution in [0.1, 0.15) is 40.5 Å². The van der Waals surface area contributed by atoms with E-state index in [2.05, 4.69) is 15.5 Å². The predicted octanol–water partition coefficient (Wildman–Crippen LogP) is 1.68. The summed E-state index contributed by atoms with van der Waals surface area (Å²) in [6.45, 7) is 11.0. The number of nitrogens with two attached hydrogens (primary N) is 1. The van der Waals surface area contributed by atoms with Crippen LogP contribution in [0.4, 0.5) is 4.79 Å². The van der Waals surface area contributed by atoms with Gasteiger partial charge < -0.3 is 40.4 Å². The second kappa shape index (κ2) is 18.1. The Kier molecular flexibility index (Phi) is 14.5. The third-order valence-electron chi connectivity index (χ3n) is 8.63. The summed E-state index contributed by atoms with van der Waals surface area (Å²) >= 11 is 0. The Balaban J connectivity index is 2.00. The van der Waals surface area contributed by atoms with E-state index in [-0.39, 0.29) is 34.9 Å². The Morgan fingerprint density at radius 2 is 1.85 bits per heavy atom. The Morgan fingerprint density at radius 1 is 1.15 bits per heavy atom. The lowest BCUT2D eigenvalue weighted by Gasteiger charge is -2.30. The molecule has 1 unspecified atom stereocenters. The number of methoxy groups -OCH3 is 2. The van der Waals surface area contributed by atoms with Crippen LogP contribution < -0.4 is 16.4 Å². The first-order valence-corrected chi connectivity index (χ1v) is 16.0. The van der Waals surface area contributed by atoms with Crippen molar-refractivity contribution in [2.45, 2.75) is 65.0 Å². The quantitative estimate of drug-likeness (QED) is 0.231. The van der Waals surface area contributed by atoms with Gasteiger partial charge in [-0.3, -0.25) is 19.3 Å². The minimum atomic E-state index is -0.998. The number of hydrogen-bond donors (Lipinski definition) is 4. The van der Waals surface area contributed by atoms with E-state index in [0.29, 0.717) is 38.3 Å². The predicted molar refractivity (Wildman–Crippen MR) is 175 cm³/mol. The maximum atomic E-state index is 13.8. The van der Waals surface area contributed by atoms with Gasteiger partial charge in [-0.2, -0.15) is 0 Å². The van der Waals surface area contributed by atoms with Crippen LogP contribution in [0.2, 0.25) is 0 Å². The SMILES string of the molecule is COC1/C=C\C=C(/C)C(=O)NC2=CC(=O)C(NCCN3CCOCC3)=C(C[C@@H](C)C[C@H](OC)[C@H](O)[C@@H](C)/C=C(\C)[C@@H]1OC(N)=O)C2=O. The van der Waals surface area contributed by atoms with Gasteiger partial charge in [0.1, 0.15) is 6.10 Å². The van der Waals surface area contributed by atoms with Crippen LogP contribution in [0.15, 0.2) is 58.5 Å². The van der Waals surface area contributed by atoms with E-state index >= 15 is 0 Å². The highest BCUT2D eigenvalue weighted by Crippen LogP contribution is 2.29. The first-order valence-electron chi connectivity index (χ1n) is 16.0. The minimum absolute atomic E-state index is 0.114. The molecule has 13 heteroatoms. The van der Waals surface area contributed by atoms with Crippen molar-refractivity contribution in [3.63, 3.8) is 0 Å². The van der Waals surface area contributed by atoms with Gasteiger partial charge in [0.05, 0.1) is 36.8 Å². The summed E-state index contributed by atoms with van der Waals surface area (Å²) in [5.74, 6) is -2.07. The molecule has 260 valence electrons. The minimum Gasteiger partial charge on any atom is -0.439 e. The van der Waals surface area contributed by atoms with Gasteiger partial charge in [-0.25, -0.2) is 4.79 Å². The van der Waals surface area contributed by atoms with Gasteiger partial charge in [0.2, 0.25) is 11.6 Å². The smallest absolute Gasteiger partial charge is 0.405 e. The zero-order chi connectivity index (χ0) is 34.7. The van der Waals surface area contributed by atoms with Gasteiger partial charge in [0.15, 0.2) is 6.10 Å². The Hall–Kier alpha value is -3.62. The van der Waals surface area contributed by atoms with Crippen molar-refractivity contribution in [3.8, 4) is 0 Å². The average Bonchev–Trinajstić information content (AvgIpc) is 3.04. The number of nitrogens with one attached hydrogen (secondary N) is 2. The molecule has 1 saturated heterocycles. The number of ketones is 2. The molecule has 0 saturated carbocycles. The third-order valence-corrected chi connectivity index (χ3v) is 8.63. The lowest BCUT2D eigenvalue weighted by Crippen LogP contribution is -2.42. The van der Waals surface area contributed by atoms with E-state index < -0.39 is 53.9 Å². The van der Waals surface area contributed by atoms with Crippen molar-refractivity contribution in [1.29, 1.82) is 0 Å². The number of carbonyl (C=O) groups excluding carboxylic acids is 4. The number of primary amides is 1. The maximum Gasteiger partial charge on any atom is 0.405 e. The molecule has 1 fully saturated rings. The largest absolute Gasteiger partial charge is 0.439 e. The van der Waals surface area contributed by atoms with Crippen LogP contribution in [0, 0.1) is 11.8 Å². The van der Waals surface area contributed by atoms with Crippen molar-refractivity contribution >= 4 is 23.6 Å². The number of aliphatic hydroxyl groups excluding tert-OH is 1. The second-order valence-corrected chi connectivity index (χ2v) is 12.3. The summed E-state index contributed by atoms with van der Waals surface area (Å²) in [6.07, 6.45) is 3.88. The van der Waals surface area contributed by atoms with Crippen LogP contribution in [-0.2, 0) is 33.3 Å². The summed E-state index contributed by atoms with van der Waals surface area (Å²) in [5, 5.41) is 17.2. The van der Waals surface area contributed by atoms with Crippen LogP contribution in [0.25, 0.3) is 0 Å². The molecule has 13 nitrogen and oxygen atoms in total. The standard InChI is InChI=1S/C34H50N4O9/c1-20-16-24-29(36-10-11-38-12-14-46-15-13-38)26(39)19-25(31(24)41)37-33(42)21(2)8-7-9-27(44-5)32(47-34(35)43)23(4)18-22(3)30(40)28(17-20)45-6/h7-9,18-20,22,27-28,30,32,36,40H,10-17H2,1-6H3,(H2,35,43)(H,37,42)/b9-7-,21-8+,23-18+/t20-,22+,27?,28+,30-,32+/m1/s1. The van der Waals surface area contributed by atoms with E-state index in [4.69, 9.17) is 24.7 Å². The summed E-state index contributed by atoms with van der Waals surface area (Å²) < 4.78 is 22.1. The number of hydrogen-bond acceptors (Lipinski definition) is 11. The Bertz CT molecular complexity index is 1310. The molecule has 3 rings (SSSR count). The fraction of sp³-hybridized carbons (Fsp3) is 0.588. The zero-order valence-electron chi connectivity index (χ0n) is 28.2. The van der Waals surface area contributed by atoms with Crippen LogP contribution in [-0.4, -0.2) is 112 Å². The van der Waals surface area contributed by atoms with E-state index in [1.165, 1.54) is 20.3 Å². The molecule has 5 N–H and O–H groups in total. The number of amides is 2. The highest BCUT2D eigenvalue weighted by atomic mass is 16.6. The molecule has 47 heavy (non-hydrogen) atoms. The highest BCUT2D eigenvalue weighted by molar-refractivity contribution is 6.23. The molecule has 6 atom stereocenters. The number of fused-ring (bicyclic) bond motifs is 2. The molecule has 0 radical (unpaired) electrons. The van der Waals surface area contributed by atoms with Gasteiger partial charge in [0.25, 0.3) is 5.91 Å². The maximum absolute atomic E-state index is 13.8.